The second-order valence-corrected chi connectivity index (χ2v) is 7.27. The number of hydrogen-bond acceptors (Lipinski definition) is 3. The van der Waals surface area contributed by atoms with Gasteiger partial charge in [0.1, 0.15) is 5.60 Å². The van der Waals surface area contributed by atoms with Gasteiger partial charge in [-0.1, -0.05) is 18.2 Å². The molecule has 2 rings (SSSR count). The van der Waals surface area contributed by atoms with E-state index in [1.807, 2.05) is 20.8 Å². The molecule has 0 bridgehead atoms. The van der Waals surface area contributed by atoms with Gasteiger partial charge in [0.2, 0.25) is 0 Å². The summed E-state index contributed by atoms with van der Waals surface area (Å²) in [4.78, 5) is 13.9. The number of amides is 1. The van der Waals surface area contributed by atoms with E-state index in [1.165, 1.54) is 16.7 Å². The fourth-order valence-electron chi connectivity index (χ4n) is 3.04. The molecule has 2 N–H and O–H groups in total. The predicted octanol–water partition coefficient (Wildman–Crippen LogP) is 3.36. The molecule has 2 atom stereocenters. The number of ether oxygens (including phenoxy) is 1. The lowest BCUT2D eigenvalue weighted by Crippen LogP contribution is -2.50. The lowest BCUT2D eigenvalue weighted by atomic mass is 9.82. The maximum absolute atomic E-state index is 12.2. The van der Waals surface area contributed by atoms with Crippen molar-refractivity contribution in [2.45, 2.75) is 58.6 Å². The topological polar surface area (TPSA) is 55.6 Å². The summed E-state index contributed by atoms with van der Waals surface area (Å²) in [5.41, 5.74) is 9.83. The fourth-order valence-corrected chi connectivity index (χ4v) is 3.04. The SMILES string of the molecule is Cc1cccc([C@@H]2CCN(C(=O)OC(C)(C)C)C[C@H]2N)c1C. The molecule has 1 amide bonds. The van der Waals surface area contributed by atoms with E-state index in [0.29, 0.717) is 19.0 Å². The van der Waals surface area contributed by atoms with Gasteiger partial charge in [-0.2, -0.15) is 0 Å². The molecule has 4 heteroatoms. The van der Waals surface area contributed by atoms with Crippen molar-refractivity contribution in [2.75, 3.05) is 13.1 Å². The number of carbonyl (C=O) groups excluding carboxylic acids is 1. The molecule has 1 aliphatic rings. The summed E-state index contributed by atoms with van der Waals surface area (Å²) in [5.74, 6) is 0.304. The first kappa shape index (κ1) is 16.8. The Bertz CT molecular complexity index is 549. The summed E-state index contributed by atoms with van der Waals surface area (Å²) in [6.07, 6.45) is 0.618. The molecule has 0 radical (unpaired) electrons. The van der Waals surface area contributed by atoms with Crippen molar-refractivity contribution in [2.24, 2.45) is 5.73 Å². The molecule has 1 heterocycles. The van der Waals surface area contributed by atoms with Crippen molar-refractivity contribution in [1.82, 2.24) is 4.90 Å². The molecule has 4 nitrogen and oxygen atoms in total. The van der Waals surface area contributed by atoms with E-state index >= 15 is 0 Å². The van der Waals surface area contributed by atoms with E-state index in [1.54, 1.807) is 4.90 Å². The van der Waals surface area contributed by atoms with Crippen LogP contribution in [0, 0.1) is 13.8 Å². The highest BCUT2D eigenvalue weighted by Gasteiger charge is 2.32. The van der Waals surface area contributed by atoms with E-state index < -0.39 is 5.60 Å². The average molecular weight is 304 g/mol. The zero-order valence-electron chi connectivity index (χ0n) is 14.3. The molecule has 122 valence electrons. The van der Waals surface area contributed by atoms with Crippen molar-refractivity contribution in [1.29, 1.82) is 0 Å². The van der Waals surface area contributed by atoms with Crippen LogP contribution in [0.1, 0.15) is 49.8 Å². The van der Waals surface area contributed by atoms with Gasteiger partial charge in [-0.3, -0.25) is 0 Å². The second kappa shape index (κ2) is 6.29. The first-order valence-electron chi connectivity index (χ1n) is 7.98. The third-order valence-corrected chi connectivity index (χ3v) is 4.36. The van der Waals surface area contributed by atoms with E-state index in [2.05, 4.69) is 32.0 Å². The van der Waals surface area contributed by atoms with Crippen LogP contribution < -0.4 is 5.73 Å². The standard InChI is InChI=1S/C18H28N2O2/c1-12-7-6-8-14(13(12)2)15-9-10-20(11-16(15)19)17(21)22-18(3,4)5/h6-8,15-16H,9-11,19H2,1-5H3/t15-,16+/m0/s1. The molecule has 0 saturated carbocycles. The Morgan fingerprint density at radius 3 is 2.59 bits per heavy atom. The quantitative estimate of drug-likeness (QED) is 0.865. The zero-order chi connectivity index (χ0) is 16.5. The first-order valence-corrected chi connectivity index (χ1v) is 7.98. The Labute approximate surface area is 133 Å². The van der Waals surface area contributed by atoms with Crippen molar-refractivity contribution < 1.29 is 9.53 Å². The smallest absolute Gasteiger partial charge is 0.410 e. The molecule has 22 heavy (non-hydrogen) atoms. The molecule has 0 unspecified atom stereocenters. The monoisotopic (exact) mass is 304 g/mol. The molecule has 1 aromatic carbocycles. The number of hydrogen-bond donors (Lipinski definition) is 1. The number of aryl methyl sites for hydroxylation is 1. The minimum absolute atomic E-state index is 0.0539. The highest BCUT2D eigenvalue weighted by Crippen LogP contribution is 2.31. The third-order valence-electron chi connectivity index (χ3n) is 4.36. The number of piperidine rings is 1. The highest BCUT2D eigenvalue weighted by molar-refractivity contribution is 5.68. The predicted molar refractivity (Wildman–Crippen MR) is 89.1 cm³/mol. The summed E-state index contributed by atoms with van der Waals surface area (Å²) in [6, 6.07) is 6.32. The van der Waals surface area contributed by atoms with Gasteiger partial charge in [-0.05, 0) is 57.7 Å². The summed E-state index contributed by atoms with van der Waals surface area (Å²) in [5, 5.41) is 0. The summed E-state index contributed by atoms with van der Waals surface area (Å²) in [6.45, 7) is 11.2. The van der Waals surface area contributed by atoms with Gasteiger partial charge < -0.3 is 15.4 Å². The van der Waals surface area contributed by atoms with Crippen LogP contribution in [0.2, 0.25) is 0 Å². The Balaban J connectivity index is 2.07. The zero-order valence-corrected chi connectivity index (χ0v) is 14.3. The lowest BCUT2D eigenvalue weighted by molar-refractivity contribution is 0.0186. The van der Waals surface area contributed by atoms with Crippen LogP contribution in [0.4, 0.5) is 4.79 Å². The summed E-state index contributed by atoms with van der Waals surface area (Å²) >= 11 is 0. The van der Waals surface area contributed by atoms with Crippen LogP contribution in [-0.2, 0) is 4.74 Å². The molecular weight excluding hydrogens is 276 g/mol. The molecule has 0 aromatic heterocycles. The van der Waals surface area contributed by atoms with Gasteiger partial charge in [0.05, 0.1) is 0 Å². The van der Waals surface area contributed by atoms with Crippen LogP contribution in [0.5, 0.6) is 0 Å². The normalized spacial score (nSPS) is 22.5. The minimum atomic E-state index is -0.467. The molecule has 1 saturated heterocycles. The molecule has 0 spiro atoms. The number of benzene rings is 1. The fraction of sp³-hybridized carbons (Fsp3) is 0.611. The van der Waals surface area contributed by atoms with Gasteiger partial charge >= 0.3 is 6.09 Å². The van der Waals surface area contributed by atoms with E-state index in [-0.39, 0.29) is 12.1 Å². The van der Waals surface area contributed by atoms with E-state index in [9.17, 15) is 4.79 Å². The number of nitrogens with zero attached hydrogens (tertiary/aromatic N) is 1. The van der Waals surface area contributed by atoms with Crippen molar-refractivity contribution in [3.05, 3.63) is 34.9 Å². The summed E-state index contributed by atoms with van der Waals surface area (Å²) < 4.78 is 5.44. The maximum Gasteiger partial charge on any atom is 0.410 e. The van der Waals surface area contributed by atoms with Gasteiger partial charge in [0.15, 0.2) is 0 Å². The summed E-state index contributed by atoms with van der Waals surface area (Å²) in [7, 11) is 0. The average Bonchev–Trinajstić information content (AvgIpc) is 2.40. The van der Waals surface area contributed by atoms with Gasteiger partial charge in [0.25, 0.3) is 0 Å². The Morgan fingerprint density at radius 2 is 2.00 bits per heavy atom. The Kier molecular flexibility index (Phi) is 4.81. The minimum Gasteiger partial charge on any atom is -0.444 e. The van der Waals surface area contributed by atoms with E-state index in [4.69, 9.17) is 10.5 Å². The third kappa shape index (κ3) is 3.80. The number of rotatable bonds is 1. The number of nitrogens with two attached hydrogens (primary N) is 1. The van der Waals surface area contributed by atoms with Crippen LogP contribution in [0.25, 0.3) is 0 Å². The largest absolute Gasteiger partial charge is 0.444 e. The number of likely N-dealkylation sites (tertiary alicyclic amines) is 1. The van der Waals surface area contributed by atoms with Gasteiger partial charge in [-0.15, -0.1) is 0 Å². The highest BCUT2D eigenvalue weighted by atomic mass is 16.6. The van der Waals surface area contributed by atoms with Crippen molar-refractivity contribution in [3.63, 3.8) is 0 Å². The van der Waals surface area contributed by atoms with Crippen LogP contribution >= 0.6 is 0 Å². The molecular formula is C18H28N2O2. The van der Waals surface area contributed by atoms with Crippen molar-refractivity contribution >= 4 is 6.09 Å². The van der Waals surface area contributed by atoms with Gasteiger partial charge in [0, 0.05) is 25.0 Å². The maximum atomic E-state index is 12.2. The van der Waals surface area contributed by atoms with Crippen molar-refractivity contribution in [3.8, 4) is 0 Å². The number of carbonyl (C=O) groups is 1. The van der Waals surface area contributed by atoms with Crippen LogP contribution in [0.3, 0.4) is 0 Å². The lowest BCUT2D eigenvalue weighted by Gasteiger charge is -2.38. The second-order valence-electron chi connectivity index (χ2n) is 7.27. The van der Waals surface area contributed by atoms with Gasteiger partial charge in [-0.25, -0.2) is 4.79 Å². The molecule has 1 aromatic rings. The van der Waals surface area contributed by atoms with E-state index in [0.717, 1.165) is 6.42 Å². The van der Waals surface area contributed by atoms with Crippen LogP contribution in [-0.4, -0.2) is 35.7 Å². The molecule has 0 aliphatic carbocycles. The molecule has 1 aliphatic heterocycles. The molecule has 1 fully saturated rings. The Morgan fingerprint density at radius 1 is 1.32 bits per heavy atom. The first-order chi connectivity index (χ1) is 10.2. The Hall–Kier alpha value is -1.55. The van der Waals surface area contributed by atoms with Crippen LogP contribution in [0.15, 0.2) is 18.2 Å².